The van der Waals surface area contributed by atoms with Crippen LogP contribution in [-0.4, -0.2) is 36.9 Å². The normalized spacial score (nSPS) is 38.7. The number of aliphatic carboxylic acids is 1. The van der Waals surface area contributed by atoms with Crippen LogP contribution in [0.25, 0.3) is 0 Å². The third kappa shape index (κ3) is 1.73. The van der Waals surface area contributed by atoms with Crippen LogP contribution >= 0.6 is 0 Å². The van der Waals surface area contributed by atoms with Crippen LogP contribution in [0.2, 0.25) is 0 Å². The first-order chi connectivity index (χ1) is 7.29. The van der Waals surface area contributed by atoms with E-state index in [1.54, 1.807) is 13.8 Å². The van der Waals surface area contributed by atoms with Gasteiger partial charge in [0.15, 0.2) is 0 Å². The molecule has 5 nitrogen and oxygen atoms in total. The maximum absolute atomic E-state index is 10.8. The molecule has 3 aliphatic rings. The summed E-state index contributed by atoms with van der Waals surface area (Å²) in [5.41, 5.74) is -0.804. The molecule has 1 N–H and O–H groups in total. The molecule has 3 aliphatic heterocycles. The van der Waals surface area contributed by atoms with Gasteiger partial charge >= 0.3 is 5.97 Å². The molecular weight excluding hydrogens is 212 g/mol. The number of ether oxygens (including phenoxy) is 3. The summed E-state index contributed by atoms with van der Waals surface area (Å²) in [5.74, 6) is -2.07. The number of hydrogen-bond acceptors (Lipinski definition) is 4. The van der Waals surface area contributed by atoms with Gasteiger partial charge in [0.05, 0.1) is 31.7 Å². The average molecular weight is 230 g/mol. The molecule has 2 bridgehead atoms. The molecule has 0 radical (unpaired) electrons. The Morgan fingerprint density at radius 1 is 1.25 bits per heavy atom. The van der Waals surface area contributed by atoms with Gasteiger partial charge in [0.25, 0.3) is 5.97 Å². The smallest absolute Gasteiger partial charge is 0.304 e. The van der Waals surface area contributed by atoms with E-state index in [1.807, 2.05) is 6.92 Å². The van der Waals surface area contributed by atoms with Crippen LogP contribution in [0.4, 0.5) is 0 Å². The van der Waals surface area contributed by atoms with Gasteiger partial charge in [-0.25, -0.2) is 0 Å². The fourth-order valence-corrected chi connectivity index (χ4v) is 2.13. The van der Waals surface area contributed by atoms with Crippen molar-refractivity contribution < 1.29 is 24.1 Å². The van der Waals surface area contributed by atoms with Crippen LogP contribution in [0.5, 0.6) is 0 Å². The van der Waals surface area contributed by atoms with Crippen molar-refractivity contribution in [3.8, 4) is 0 Å². The Bertz CT molecular complexity index is 285. The number of carbonyl (C=O) groups is 1. The molecule has 0 atom stereocenters. The lowest BCUT2D eigenvalue weighted by atomic mass is 9.82. The van der Waals surface area contributed by atoms with Crippen molar-refractivity contribution in [2.45, 2.75) is 33.2 Å². The zero-order chi connectivity index (χ0) is 12.0. The Balaban J connectivity index is 2.17. The molecule has 3 saturated heterocycles. The third-order valence-corrected chi connectivity index (χ3v) is 3.25. The van der Waals surface area contributed by atoms with Crippen LogP contribution in [0, 0.1) is 10.8 Å². The second kappa shape index (κ2) is 3.42. The topological polar surface area (TPSA) is 65.0 Å². The molecule has 3 heterocycles. The summed E-state index contributed by atoms with van der Waals surface area (Å²) in [5, 5.41) is 8.89. The van der Waals surface area contributed by atoms with Crippen molar-refractivity contribution in [2.75, 3.05) is 19.8 Å². The lowest BCUT2D eigenvalue weighted by Gasteiger charge is -2.55. The van der Waals surface area contributed by atoms with E-state index in [0.717, 1.165) is 0 Å². The van der Waals surface area contributed by atoms with Gasteiger partial charge in [-0.2, -0.15) is 0 Å². The SMILES string of the molecule is CC12COC(C(C)(C)CC(=O)O)(OC1)OC2. The summed E-state index contributed by atoms with van der Waals surface area (Å²) < 4.78 is 16.9. The standard InChI is InChI=1S/C11H18O5/c1-9(2,4-8(12)13)11-14-5-10(3,6-15-11)7-16-11/h4-7H2,1-3H3,(H,12,13). The molecule has 0 aromatic heterocycles. The minimum Gasteiger partial charge on any atom is -0.481 e. The Kier molecular flexibility index (Phi) is 2.53. The molecule has 5 heteroatoms. The van der Waals surface area contributed by atoms with Crippen molar-refractivity contribution in [1.82, 2.24) is 0 Å². The molecule has 3 rings (SSSR count). The molecule has 3 fully saturated rings. The van der Waals surface area contributed by atoms with E-state index in [1.165, 1.54) is 0 Å². The van der Waals surface area contributed by atoms with Crippen LogP contribution in [-0.2, 0) is 19.0 Å². The second-order valence-electron chi connectivity index (χ2n) is 5.69. The molecular formula is C11H18O5. The average Bonchev–Trinajstić information content (AvgIpc) is 2.17. The number of carboxylic acids is 1. The summed E-state index contributed by atoms with van der Waals surface area (Å²) in [7, 11) is 0. The minimum atomic E-state index is -1.19. The summed E-state index contributed by atoms with van der Waals surface area (Å²) in [6.45, 7) is 7.26. The molecule has 0 aromatic carbocycles. The van der Waals surface area contributed by atoms with E-state index >= 15 is 0 Å². The lowest BCUT2D eigenvalue weighted by molar-refractivity contribution is -0.499. The quantitative estimate of drug-likeness (QED) is 0.789. The first-order valence-electron chi connectivity index (χ1n) is 5.42. The lowest BCUT2D eigenvalue weighted by Crippen LogP contribution is -2.65. The maximum atomic E-state index is 10.8. The molecule has 0 unspecified atom stereocenters. The zero-order valence-corrected chi connectivity index (χ0v) is 9.91. The van der Waals surface area contributed by atoms with Crippen molar-refractivity contribution in [3.63, 3.8) is 0 Å². The number of carboxylic acid groups (broad SMARTS) is 1. The number of hydrogen-bond donors (Lipinski definition) is 1. The van der Waals surface area contributed by atoms with Crippen molar-refractivity contribution in [2.24, 2.45) is 10.8 Å². The molecule has 0 aliphatic carbocycles. The van der Waals surface area contributed by atoms with Crippen molar-refractivity contribution >= 4 is 5.97 Å². The largest absolute Gasteiger partial charge is 0.481 e. The summed E-state index contributed by atoms with van der Waals surface area (Å²) >= 11 is 0. The molecule has 0 saturated carbocycles. The second-order valence-corrected chi connectivity index (χ2v) is 5.69. The first-order valence-corrected chi connectivity index (χ1v) is 5.42. The van der Waals surface area contributed by atoms with Gasteiger partial charge in [0.2, 0.25) is 0 Å². The number of rotatable bonds is 3. The fourth-order valence-electron chi connectivity index (χ4n) is 2.13. The Morgan fingerprint density at radius 2 is 1.69 bits per heavy atom. The highest BCUT2D eigenvalue weighted by Gasteiger charge is 2.59. The molecule has 16 heavy (non-hydrogen) atoms. The van der Waals surface area contributed by atoms with Crippen LogP contribution in [0.15, 0.2) is 0 Å². The molecule has 0 aromatic rings. The summed E-state index contributed by atoms with van der Waals surface area (Å²) in [6, 6.07) is 0. The van der Waals surface area contributed by atoms with E-state index in [0.29, 0.717) is 19.8 Å². The van der Waals surface area contributed by atoms with E-state index in [4.69, 9.17) is 19.3 Å². The third-order valence-electron chi connectivity index (χ3n) is 3.25. The van der Waals surface area contributed by atoms with Crippen molar-refractivity contribution in [1.29, 1.82) is 0 Å². The maximum Gasteiger partial charge on any atom is 0.304 e. The highest BCUT2D eigenvalue weighted by Crippen LogP contribution is 2.48. The van der Waals surface area contributed by atoms with Gasteiger partial charge in [0, 0.05) is 5.41 Å². The molecule has 0 spiro atoms. The summed E-state index contributed by atoms with van der Waals surface area (Å²) in [4.78, 5) is 10.8. The fraction of sp³-hybridized carbons (Fsp3) is 0.909. The first kappa shape index (κ1) is 11.8. The van der Waals surface area contributed by atoms with Gasteiger partial charge < -0.3 is 19.3 Å². The zero-order valence-electron chi connectivity index (χ0n) is 9.91. The van der Waals surface area contributed by atoms with E-state index in [9.17, 15) is 4.79 Å². The van der Waals surface area contributed by atoms with Crippen LogP contribution in [0.1, 0.15) is 27.2 Å². The Labute approximate surface area is 94.7 Å². The highest BCUT2D eigenvalue weighted by molar-refractivity contribution is 5.67. The van der Waals surface area contributed by atoms with E-state index in [-0.39, 0.29) is 11.8 Å². The molecule has 0 amide bonds. The van der Waals surface area contributed by atoms with Gasteiger partial charge in [-0.05, 0) is 0 Å². The molecule has 92 valence electrons. The monoisotopic (exact) mass is 230 g/mol. The van der Waals surface area contributed by atoms with Gasteiger partial charge in [0.1, 0.15) is 0 Å². The van der Waals surface area contributed by atoms with Gasteiger partial charge in [-0.3, -0.25) is 4.79 Å². The van der Waals surface area contributed by atoms with Crippen molar-refractivity contribution in [3.05, 3.63) is 0 Å². The Hall–Kier alpha value is -0.650. The predicted molar refractivity (Wildman–Crippen MR) is 54.7 cm³/mol. The van der Waals surface area contributed by atoms with Crippen LogP contribution in [0.3, 0.4) is 0 Å². The van der Waals surface area contributed by atoms with E-state index in [2.05, 4.69) is 0 Å². The number of fused-ring (bicyclic) bond motifs is 3. The highest BCUT2D eigenvalue weighted by atomic mass is 16.9. The minimum absolute atomic E-state index is 0.0519. The van der Waals surface area contributed by atoms with Gasteiger partial charge in [-0.1, -0.05) is 20.8 Å². The van der Waals surface area contributed by atoms with Crippen LogP contribution < -0.4 is 0 Å². The Morgan fingerprint density at radius 3 is 2.06 bits per heavy atom. The predicted octanol–water partition coefficient (Wildman–Crippen LogP) is 1.22. The van der Waals surface area contributed by atoms with E-state index < -0.39 is 17.4 Å². The van der Waals surface area contributed by atoms with Gasteiger partial charge in [-0.15, -0.1) is 0 Å². The summed E-state index contributed by atoms with van der Waals surface area (Å²) in [6.07, 6.45) is -0.0519.